The van der Waals surface area contributed by atoms with Gasteiger partial charge in [-0.25, -0.2) is 0 Å². The van der Waals surface area contributed by atoms with Crippen LogP contribution in [0.25, 0.3) is 104 Å². The number of anilines is 3. The van der Waals surface area contributed by atoms with Crippen molar-refractivity contribution in [2.75, 3.05) is 4.90 Å². The molecule has 318 valence electrons. The fourth-order valence-electron chi connectivity index (χ4n) is 10.5. The summed E-state index contributed by atoms with van der Waals surface area (Å²) >= 11 is 0. The molecule has 13 aromatic rings. The average molecular weight is 865 g/mol. The Morgan fingerprint density at radius 3 is 1.56 bits per heavy atom. The van der Waals surface area contributed by atoms with Gasteiger partial charge in [0.15, 0.2) is 0 Å². The van der Waals surface area contributed by atoms with Gasteiger partial charge in [0, 0.05) is 33.5 Å². The molecule has 0 N–H and O–H groups in total. The summed E-state index contributed by atoms with van der Waals surface area (Å²) in [5, 5.41) is 10.1. The van der Waals surface area contributed by atoms with Crippen LogP contribution in [0.2, 0.25) is 0 Å². The van der Waals surface area contributed by atoms with E-state index in [1.165, 1.54) is 93.1 Å². The summed E-state index contributed by atoms with van der Waals surface area (Å²) in [6.45, 7) is 0. The maximum atomic E-state index is 2.39. The lowest BCUT2D eigenvalue weighted by Crippen LogP contribution is -2.10. The highest BCUT2D eigenvalue weighted by Gasteiger charge is 2.18. The molecule has 0 unspecified atom stereocenters. The molecule has 0 aliphatic rings. The van der Waals surface area contributed by atoms with Gasteiger partial charge in [-0.05, 0) is 150 Å². The summed E-state index contributed by atoms with van der Waals surface area (Å²) in [6, 6.07) is 97.5. The van der Waals surface area contributed by atoms with E-state index >= 15 is 0 Å². The number of nitrogens with zero attached hydrogens (tertiary/aromatic N) is 2. The van der Waals surface area contributed by atoms with Crippen LogP contribution >= 0.6 is 0 Å². The van der Waals surface area contributed by atoms with Gasteiger partial charge in [-0.3, -0.25) is 0 Å². The molecule has 0 saturated carbocycles. The molecule has 0 saturated heterocycles. The van der Waals surface area contributed by atoms with Crippen molar-refractivity contribution in [2.24, 2.45) is 0 Å². The molecule has 0 amide bonds. The van der Waals surface area contributed by atoms with Crippen molar-refractivity contribution in [1.82, 2.24) is 4.57 Å². The molecule has 0 aliphatic heterocycles. The lowest BCUT2D eigenvalue weighted by molar-refractivity contribution is 1.18. The molecule has 2 nitrogen and oxygen atoms in total. The maximum Gasteiger partial charge on any atom is 0.0541 e. The molecular formula is C66H44N2. The minimum atomic E-state index is 1.09. The van der Waals surface area contributed by atoms with E-state index in [0.29, 0.717) is 0 Å². The zero-order chi connectivity index (χ0) is 45.0. The van der Waals surface area contributed by atoms with Crippen LogP contribution in [-0.2, 0) is 0 Å². The van der Waals surface area contributed by atoms with Crippen LogP contribution in [-0.4, -0.2) is 4.57 Å². The second kappa shape index (κ2) is 16.5. The van der Waals surface area contributed by atoms with Gasteiger partial charge in [0.2, 0.25) is 0 Å². The number of benzene rings is 12. The third-order valence-electron chi connectivity index (χ3n) is 13.8. The first kappa shape index (κ1) is 39.4. The van der Waals surface area contributed by atoms with E-state index in [0.717, 1.165) is 28.3 Å². The number of hydrogen-bond acceptors (Lipinski definition) is 1. The first-order valence-corrected chi connectivity index (χ1v) is 23.4. The van der Waals surface area contributed by atoms with Crippen molar-refractivity contribution in [2.45, 2.75) is 0 Å². The van der Waals surface area contributed by atoms with Crippen LogP contribution in [0.1, 0.15) is 0 Å². The second-order valence-corrected chi connectivity index (χ2v) is 17.7. The monoisotopic (exact) mass is 864 g/mol. The van der Waals surface area contributed by atoms with Crippen molar-refractivity contribution in [3.63, 3.8) is 0 Å². The van der Waals surface area contributed by atoms with Crippen molar-refractivity contribution in [1.29, 1.82) is 0 Å². The third kappa shape index (κ3) is 6.82. The Kier molecular flexibility index (Phi) is 9.54. The number of fused-ring (bicyclic) bond motifs is 7. The SMILES string of the molecule is c1ccc(-n2c3ccccc3c3cc(-c4cccc(N(c5ccc(-c6cccc(-c7cccc8ccccc78)c6)cc5)c5ccc(-c6cccc7c6ccc6ccccc67)cc5)c4)ccc32)cc1. The zero-order valence-corrected chi connectivity index (χ0v) is 37.3. The van der Waals surface area contributed by atoms with Gasteiger partial charge in [0.1, 0.15) is 0 Å². The predicted molar refractivity (Wildman–Crippen MR) is 290 cm³/mol. The van der Waals surface area contributed by atoms with Crippen LogP contribution in [0.15, 0.2) is 267 Å². The number of aromatic nitrogens is 1. The highest BCUT2D eigenvalue weighted by atomic mass is 15.1. The minimum absolute atomic E-state index is 1.09. The van der Waals surface area contributed by atoms with E-state index in [1.54, 1.807) is 0 Å². The maximum absolute atomic E-state index is 2.39. The van der Waals surface area contributed by atoms with Crippen molar-refractivity contribution in [3.8, 4) is 50.2 Å². The highest BCUT2D eigenvalue weighted by Crippen LogP contribution is 2.42. The lowest BCUT2D eigenvalue weighted by Gasteiger charge is -2.26. The Hall–Kier alpha value is -8.98. The first-order chi connectivity index (χ1) is 33.7. The third-order valence-corrected chi connectivity index (χ3v) is 13.8. The molecule has 0 aliphatic carbocycles. The van der Waals surface area contributed by atoms with Gasteiger partial charge in [-0.2, -0.15) is 0 Å². The van der Waals surface area contributed by atoms with Gasteiger partial charge < -0.3 is 9.47 Å². The van der Waals surface area contributed by atoms with E-state index in [9.17, 15) is 0 Å². The van der Waals surface area contributed by atoms with Gasteiger partial charge in [-0.15, -0.1) is 0 Å². The molecule has 68 heavy (non-hydrogen) atoms. The van der Waals surface area contributed by atoms with Crippen molar-refractivity contribution >= 4 is 71.2 Å². The van der Waals surface area contributed by atoms with Crippen LogP contribution < -0.4 is 4.90 Å². The van der Waals surface area contributed by atoms with Crippen LogP contribution in [0.4, 0.5) is 17.1 Å². The summed E-state index contributed by atoms with van der Waals surface area (Å²) < 4.78 is 2.38. The normalized spacial score (nSPS) is 11.5. The largest absolute Gasteiger partial charge is 0.310 e. The Labute approximate surface area is 395 Å². The topological polar surface area (TPSA) is 8.17 Å². The van der Waals surface area contributed by atoms with E-state index in [4.69, 9.17) is 0 Å². The van der Waals surface area contributed by atoms with Crippen molar-refractivity contribution < 1.29 is 0 Å². The summed E-state index contributed by atoms with van der Waals surface area (Å²) in [6.07, 6.45) is 0. The van der Waals surface area contributed by atoms with Crippen LogP contribution in [0.5, 0.6) is 0 Å². The van der Waals surface area contributed by atoms with Gasteiger partial charge in [-0.1, -0.05) is 194 Å². The predicted octanol–water partition coefficient (Wildman–Crippen LogP) is 18.4. The number of rotatable bonds is 8. The summed E-state index contributed by atoms with van der Waals surface area (Å²) in [4.78, 5) is 2.39. The standard InChI is InChI=1S/C66H44N2/c1-2-20-53(21-3-1)68-65-29-9-8-25-63(65)64-44-51(35-41-66(64)68)50-18-11-22-56(43-50)67(55-38-32-48(33-39-55)59-27-13-28-61-58-24-7-5-15-47(58)34-40-62(59)61)54-36-30-45(31-37-54)49-17-10-19-52(42-49)60-26-12-16-46-14-4-6-23-57(46)60/h1-44H. The Morgan fingerprint density at radius 2 is 0.765 bits per heavy atom. The molecule has 0 spiro atoms. The molecule has 1 aromatic heterocycles. The number of hydrogen-bond donors (Lipinski definition) is 0. The Bertz CT molecular complexity index is 4010. The van der Waals surface area contributed by atoms with E-state index in [1.807, 2.05) is 0 Å². The van der Waals surface area contributed by atoms with E-state index < -0.39 is 0 Å². The molecule has 13 rings (SSSR count). The van der Waals surface area contributed by atoms with Crippen LogP contribution in [0.3, 0.4) is 0 Å². The number of para-hydroxylation sites is 2. The molecule has 12 aromatic carbocycles. The molecule has 0 fully saturated rings. The quantitative estimate of drug-likeness (QED) is 0.138. The first-order valence-electron chi connectivity index (χ1n) is 23.4. The summed E-state index contributed by atoms with van der Waals surface area (Å²) in [5.41, 5.74) is 16.4. The fourth-order valence-corrected chi connectivity index (χ4v) is 10.5. The molecule has 1 heterocycles. The van der Waals surface area contributed by atoms with E-state index in [-0.39, 0.29) is 0 Å². The second-order valence-electron chi connectivity index (χ2n) is 17.7. The Morgan fingerprint density at radius 1 is 0.235 bits per heavy atom. The molecule has 2 heteroatoms. The van der Waals surface area contributed by atoms with Gasteiger partial charge in [0.25, 0.3) is 0 Å². The summed E-state index contributed by atoms with van der Waals surface area (Å²) in [5.74, 6) is 0. The molecular weight excluding hydrogens is 821 g/mol. The van der Waals surface area contributed by atoms with Crippen LogP contribution in [0, 0.1) is 0 Å². The molecule has 0 atom stereocenters. The average Bonchev–Trinajstić information content (AvgIpc) is 3.75. The molecule has 0 radical (unpaired) electrons. The highest BCUT2D eigenvalue weighted by molar-refractivity contribution is 6.13. The smallest absolute Gasteiger partial charge is 0.0541 e. The van der Waals surface area contributed by atoms with Crippen molar-refractivity contribution in [3.05, 3.63) is 267 Å². The van der Waals surface area contributed by atoms with Gasteiger partial charge in [0.05, 0.1) is 11.0 Å². The zero-order valence-electron chi connectivity index (χ0n) is 37.3. The van der Waals surface area contributed by atoms with Gasteiger partial charge >= 0.3 is 0 Å². The van der Waals surface area contributed by atoms with E-state index in [2.05, 4.69) is 276 Å². The lowest BCUT2D eigenvalue weighted by atomic mass is 9.94. The summed E-state index contributed by atoms with van der Waals surface area (Å²) in [7, 11) is 0. The molecule has 0 bridgehead atoms. The fraction of sp³-hybridized carbons (Fsp3) is 0. The Balaban J connectivity index is 0.910. The minimum Gasteiger partial charge on any atom is -0.310 e.